The zero-order valence-electron chi connectivity index (χ0n) is 15.8. The van der Waals surface area contributed by atoms with Gasteiger partial charge in [0, 0.05) is 17.7 Å². The zero-order chi connectivity index (χ0) is 19.8. The molecule has 2 aliphatic rings. The van der Waals surface area contributed by atoms with E-state index in [0.717, 1.165) is 17.1 Å². The van der Waals surface area contributed by atoms with Gasteiger partial charge in [-0.1, -0.05) is 6.92 Å². The molecule has 7 nitrogen and oxygen atoms in total. The third-order valence-corrected chi connectivity index (χ3v) is 4.85. The van der Waals surface area contributed by atoms with Crippen LogP contribution in [0.3, 0.4) is 0 Å². The van der Waals surface area contributed by atoms with Crippen molar-refractivity contribution < 1.29 is 9.13 Å². The number of aliphatic imine (C=N–C) groups is 1. The number of methoxy groups -OCH3 is 1. The third-order valence-electron chi connectivity index (χ3n) is 4.85. The van der Waals surface area contributed by atoms with E-state index in [-0.39, 0.29) is 17.8 Å². The number of rotatable bonds is 4. The molecular weight excluding hydrogens is 359 g/mol. The average Bonchev–Trinajstić information content (AvgIpc) is 3.02. The normalized spacial score (nSPS) is 20.9. The molecule has 28 heavy (non-hydrogen) atoms. The lowest BCUT2D eigenvalue weighted by Gasteiger charge is -2.31. The van der Waals surface area contributed by atoms with Gasteiger partial charge in [0.05, 0.1) is 18.8 Å². The summed E-state index contributed by atoms with van der Waals surface area (Å²) in [5.74, 6) is 2.15. The largest absolute Gasteiger partial charge is 0.497 e. The molecule has 0 radical (unpaired) electrons. The Balaban J connectivity index is 1.66. The number of halogens is 1. The summed E-state index contributed by atoms with van der Waals surface area (Å²) in [5, 5.41) is 3.21. The number of nitrogens with two attached hydrogens (primary N) is 1. The molecule has 1 aromatic carbocycles. The van der Waals surface area contributed by atoms with Gasteiger partial charge in [-0.2, -0.15) is 9.97 Å². The fraction of sp³-hybridized carbons (Fsp3) is 0.250. The van der Waals surface area contributed by atoms with Gasteiger partial charge in [-0.15, -0.1) is 0 Å². The number of hydrogen-bond donors (Lipinski definition) is 2. The summed E-state index contributed by atoms with van der Waals surface area (Å²) >= 11 is 0. The van der Waals surface area contributed by atoms with E-state index in [9.17, 15) is 4.39 Å². The molecule has 2 heterocycles. The van der Waals surface area contributed by atoms with Crippen molar-refractivity contribution in [3.8, 4) is 5.75 Å². The SMILES string of the molecule is COc1ccc(Nc2cc(N)nc(N3C(C)=NC4=CC=C(F)C(C)C43)n2)cc1. The Bertz CT molecular complexity index is 998. The van der Waals surface area contributed by atoms with Gasteiger partial charge in [-0.25, -0.2) is 9.38 Å². The van der Waals surface area contributed by atoms with Crippen LogP contribution in [0.2, 0.25) is 0 Å². The summed E-state index contributed by atoms with van der Waals surface area (Å²) < 4.78 is 19.4. The lowest BCUT2D eigenvalue weighted by Crippen LogP contribution is -2.41. The number of hydrogen-bond acceptors (Lipinski definition) is 7. The second-order valence-corrected chi connectivity index (χ2v) is 6.74. The van der Waals surface area contributed by atoms with Crippen molar-refractivity contribution >= 4 is 29.1 Å². The van der Waals surface area contributed by atoms with Crippen molar-refractivity contribution in [2.45, 2.75) is 19.9 Å². The predicted molar refractivity (Wildman–Crippen MR) is 109 cm³/mol. The van der Waals surface area contributed by atoms with Crippen LogP contribution in [0, 0.1) is 5.92 Å². The lowest BCUT2D eigenvalue weighted by molar-refractivity contribution is 0.415. The van der Waals surface area contributed by atoms with Gasteiger partial charge in [0.1, 0.15) is 29.0 Å². The first-order chi connectivity index (χ1) is 13.5. The topological polar surface area (TPSA) is 88.7 Å². The van der Waals surface area contributed by atoms with Gasteiger partial charge in [-0.05, 0) is 43.3 Å². The number of fused-ring (bicyclic) bond motifs is 1. The zero-order valence-corrected chi connectivity index (χ0v) is 15.8. The number of benzene rings is 1. The molecule has 0 saturated carbocycles. The Labute approximate surface area is 162 Å². The molecule has 2 atom stereocenters. The molecular formula is C20H21FN6O. The van der Waals surface area contributed by atoms with Gasteiger partial charge < -0.3 is 15.8 Å². The summed E-state index contributed by atoms with van der Waals surface area (Å²) in [4.78, 5) is 15.4. The molecule has 1 aliphatic heterocycles. The number of amidine groups is 1. The molecule has 0 fully saturated rings. The highest BCUT2D eigenvalue weighted by atomic mass is 19.1. The number of anilines is 4. The van der Waals surface area contributed by atoms with E-state index in [1.807, 2.05) is 43.0 Å². The fourth-order valence-electron chi connectivity index (χ4n) is 3.44. The molecule has 4 rings (SSSR count). The van der Waals surface area contributed by atoms with Crippen molar-refractivity contribution in [3.63, 3.8) is 0 Å². The van der Waals surface area contributed by atoms with Crippen LogP contribution in [0.25, 0.3) is 0 Å². The molecule has 0 amide bonds. The quantitative estimate of drug-likeness (QED) is 0.839. The van der Waals surface area contributed by atoms with Gasteiger partial charge in [0.2, 0.25) is 5.95 Å². The van der Waals surface area contributed by atoms with Gasteiger partial charge in [0.15, 0.2) is 0 Å². The summed E-state index contributed by atoms with van der Waals surface area (Å²) in [6, 6.07) is 8.81. The van der Waals surface area contributed by atoms with Crippen molar-refractivity contribution in [1.29, 1.82) is 0 Å². The average molecular weight is 380 g/mol. The maximum absolute atomic E-state index is 14.2. The molecule has 0 spiro atoms. The van der Waals surface area contributed by atoms with Crippen LogP contribution < -0.4 is 20.7 Å². The van der Waals surface area contributed by atoms with Crippen LogP contribution >= 0.6 is 0 Å². The molecule has 2 unspecified atom stereocenters. The predicted octanol–water partition coefficient (Wildman–Crippen LogP) is 3.81. The van der Waals surface area contributed by atoms with Crippen molar-refractivity contribution in [2.24, 2.45) is 10.9 Å². The summed E-state index contributed by atoms with van der Waals surface area (Å²) in [6.45, 7) is 3.68. The van der Waals surface area contributed by atoms with Crippen molar-refractivity contribution in [1.82, 2.24) is 9.97 Å². The molecule has 3 N–H and O–H groups in total. The first-order valence-corrected chi connectivity index (χ1v) is 8.93. The number of allylic oxidation sites excluding steroid dienone is 2. The minimum atomic E-state index is -0.357. The van der Waals surface area contributed by atoms with E-state index in [1.54, 1.807) is 19.3 Å². The Kier molecular flexibility index (Phi) is 4.46. The standard InChI is InChI=1S/C20H21FN6O/c1-11-15(21)8-9-16-19(11)27(12(2)23-16)20-25-17(22)10-18(26-20)24-13-4-6-14(28-3)7-5-13/h4-11,19H,1-3H3,(H3,22,24,25,26). The van der Waals surface area contributed by atoms with Gasteiger partial charge in [-0.3, -0.25) is 4.90 Å². The third kappa shape index (κ3) is 3.17. The first kappa shape index (κ1) is 18.0. The van der Waals surface area contributed by atoms with Crippen LogP contribution in [0.4, 0.5) is 27.7 Å². The van der Waals surface area contributed by atoms with Crippen molar-refractivity contribution in [2.75, 3.05) is 23.1 Å². The number of ether oxygens (including phenoxy) is 1. The van der Waals surface area contributed by atoms with E-state index >= 15 is 0 Å². The molecule has 0 saturated heterocycles. The molecule has 1 aliphatic carbocycles. The smallest absolute Gasteiger partial charge is 0.235 e. The molecule has 0 bridgehead atoms. The monoisotopic (exact) mass is 380 g/mol. The molecule has 8 heteroatoms. The first-order valence-electron chi connectivity index (χ1n) is 8.93. The number of nitrogen functional groups attached to an aromatic ring is 1. The van der Waals surface area contributed by atoms with Gasteiger partial charge >= 0.3 is 0 Å². The second kappa shape index (κ2) is 6.95. The minimum Gasteiger partial charge on any atom is -0.497 e. The maximum Gasteiger partial charge on any atom is 0.235 e. The highest BCUT2D eigenvalue weighted by Crippen LogP contribution is 2.37. The van der Waals surface area contributed by atoms with Crippen LogP contribution in [0.1, 0.15) is 13.8 Å². The fourth-order valence-corrected chi connectivity index (χ4v) is 3.44. The minimum absolute atomic E-state index is 0.191. The molecule has 144 valence electrons. The Morgan fingerprint density at radius 3 is 2.64 bits per heavy atom. The van der Waals surface area contributed by atoms with Crippen LogP contribution in [-0.2, 0) is 0 Å². The van der Waals surface area contributed by atoms with E-state index in [2.05, 4.69) is 20.3 Å². The highest BCUT2D eigenvalue weighted by Gasteiger charge is 2.40. The lowest BCUT2D eigenvalue weighted by atomic mass is 9.93. The summed E-state index contributed by atoms with van der Waals surface area (Å²) in [6.07, 6.45) is 3.17. The highest BCUT2D eigenvalue weighted by molar-refractivity contribution is 5.99. The van der Waals surface area contributed by atoms with E-state index < -0.39 is 0 Å². The van der Waals surface area contributed by atoms with E-state index in [4.69, 9.17) is 10.5 Å². The summed E-state index contributed by atoms with van der Waals surface area (Å²) in [5.41, 5.74) is 7.65. The number of nitrogens with zero attached hydrogens (tertiary/aromatic N) is 4. The molecule has 1 aromatic heterocycles. The summed E-state index contributed by atoms with van der Waals surface area (Å²) in [7, 11) is 1.62. The Hall–Kier alpha value is -3.42. The number of nitrogens with one attached hydrogen (secondary N) is 1. The van der Waals surface area contributed by atoms with Crippen LogP contribution in [0.5, 0.6) is 5.75 Å². The number of aromatic nitrogens is 2. The van der Waals surface area contributed by atoms with E-state index in [0.29, 0.717) is 23.4 Å². The Morgan fingerprint density at radius 1 is 1.18 bits per heavy atom. The van der Waals surface area contributed by atoms with Gasteiger partial charge in [0.25, 0.3) is 0 Å². The Morgan fingerprint density at radius 2 is 1.93 bits per heavy atom. The van der Waals surface area contributed by atoms with Crippen LogP contribution in [0.15, 0.2) is 59.0 Å². The van der Waals surface area contributed by atoms with Crippen LogP contribution in [-0.4, -0.2) is 29.0 Å². The van der Waals surface area contributed by atoms with E-state index in [1.165, 1.54) is 6.08 Å². The maximum atomic E-state index is 14.2. The second-order valence-electron chi connectivity index (χ2n) is 6.74. The van der Waals surface area contributed by atoms with Crippen molar-refractivity contribution in [3.05, 3.63) is 54.0 Å². The molecule has 2 aromatic rings.